The van der Waals surface area contributed by atoms with Crippen molar-refractivity contribution in [3.05, 3.63) is 73.2 Å². The molecular weight excluding hydrogens is 535 g/mol. The number of nitrogens with one attached hydrogen (secondary N) is 3. The first-order valence-electron chi connectivity index (χ1n) is 13.5. The quantitative estimate of drug-likeness (QED) is 0.207. The summed E-state index contributed by atoms with van der Waals surface area (Å²) < 4.78 is 20.4. The van der Waals surface area contributed by atoms with E-state index in [1.165, 1.54) is 12.1 Å². The summed E-state index contributed by atoms with van der Waals surface area (Å²) in [7, 11) is 3.92. The van der Waals surface area contributed by atoms with Crippen LogP contribution in [0, 0.1) is 5.82 Å². The van der Waals surface area contributed by atoms with Crippen molar-refractivity contribution in [1.82, 2.24) is 35.0 Å². The smallest absolute Gasteiger partial charge is 0.224 e. The van der Waals surface area contributed by atoms with Gasteiger partial charge in [-0.1, -0.05) is 6.92 Å². The molecule has 11 heteroatoms. The molecule has 3 N–H and O–H groups in total. The van der Waals surface area contributed by atoms with E-state index in [2.05, 4.69) is 35.5 Å². The lowest BCUT2D eigenvalue weighted by molar-refractivity contribution is -0.115. The van der Waals surface area contributed by atoms with Crippen molar-refractivity contribution in [2.75, 3.05) is 32.6 Å². The molecule has 1 aromatic carbocycles. The second-order valence-corrected chi connectivity index (χ2v) is 10.2. The fourth-order valence-electron chi connectivity index (χ4n) is 4.73. The minimum atomic E-state index is -0.383. The number of hydrogen-bond acceptors (Lipinski definition) is 7. The topological polar surface area (TPSA) is 125 Å². The number of ether oxygens (including phenoxy) is 1. The van der Waals surface area contributed by atoms with Crippen molar-refractivity contribution in [2.24, 2.45) is 0 Å². The molecule has 6 rings (SSSR count). The zero-order chi connectivity index (χ0) is 29.2. The zero-order valence-corrected chi connectivity index (χ0v) is 23.4. The highest BCUT2D eigenvalue weighted by molar-refractivity contribution is 6.01. The number of fused-ring (bicyclic) bond motifs is 2. The van der Waals surface area contributed by atoms with E-state index in [1.54, 1.807) is 37.9 Å². The van der Waals surface area contributed by atoms with E-state index in [0.717, 1.165) is 45.2 Å². The van der Waals surface area contributed by atoms with Crippen LogP contribution in [0.15, 0.2) is 67.4 Å². The normalized spacial score (nSPS) is 11.5. The minimum Gasteiger partial charge on any atom is -0.492 e. The van der Waals surface area contributed by atoms with E-state index in [9.17, 15) is 9.18 Å². The summed E-state index contributed by atoms with van der Waals surface area (Å²) in [6.07, 6.45) is 8.86. The first kappa shape index (κ1) is 27.0. The molecule has 10 nitrogen and oxygen atoms in total. The lowest BCUT2D eigenvalue weighted by Gasteiger charge is -2.12. The molecule has 0 aliphatic rings. The lowest BCUT2D eigenvalue weighted by Crippen LogP contribution is -2.19. The van der Waals surface area contributed by atoms with Crippen LogP contribution in [0.3, 0.4) is 0 Å². The maximum absolute atomic E-state index is 14.6. The van der Waals surface area contributed by atoms with E-state index < -0.39 is 0 Å². The van der Waals surface area contributed by atoms with Crippen LogP contribution in [0.4, 0.5) is 10.1 Å². The monoisotopic (exact) mass is 564 g/mol. The molecular formula is C31H29FN8O2. The van der Waals surface area contributed by atoms with Crippen LogP contribution in [0.1, 0.15) is 13.3 Å². The Morgan fingerprint density at radius 3 is 2.64 bits per heavy atom. The summed E-state index contributed by atoms with van der Waals surface area (Å²) in [5.41, 5.74) is 6.50. The highest BCUT2D eigenvalue weighted by Gasteiger charge is 2.16. The molecule has 0 atom stereocenters. The summed E-state index contributed by atoms with van der Waals surface area (Å²) in [6, 6.07) is 10.5. The lowest BCUT2D eigenvalue weighted by atomic mass is 10.0. The number of aromatic amines is 2. The number of nitrogens with zero attached hydrogens (tertiary/aromatic N) is 5. The predicted octanol–water partition coefficient (Wildman–Crippen LogP) is 5.66. The number of amides is 1. The van der Waals surface area contributed by atoms with Crippen molar-refractivity contribution in [1.29, 1.82) is 0 Å². The van der Waals surface area contributed by atoms with Gasteiger partial charge in [-0.3, -0.25) is 24.8 Å². The summed E-state index contributed by atoms with van der Waals surface area (Å²) in [6.45, 7) is 2.96. The van der Waals surface area contributed by atoms with Crippen LogP contribution < -0.4 is 10.1 Å². The number of anilines is 1. The molecule has 0 fully saturated rings. The van der Waals surface area contributed by atoms with Gasteiger partial charge in [0, 0.05) is 53.3 Å². The molecule has 0 bridgehead atoms. The van der Waals surface area contributed by atoms with E-state index in [1.807, 2.05) is 43.3 Å². The summed E-state index contributed by atoms with van der Waals surface area (Å²) in [5.74, 6) is -0.00881. The highest BCUT2D eigenvalue weighted by Crippen LogP contribution is 2.35. The fraction of sp³-hybridized carbons (Fsp3) is 0.194. The van der Waals surface area contributed by atoms with Crippen LogP contribution in [-0.2, 0) is 4.79 Å². The average molecular weight is 565 g/mol. The number of hydrogen-bond donors (Lipinski definition) is 3. The van der Waals surface area contributed by atoms with E-state index in [4.69, 9.17) is 4.74 Å². The van der Waals surface area contributed by atoms with Crippen LogP contribution in [0.25, 0.3) is 55.6 Å². The molecule has 5 aromatic heterocycles. The Hall–Kier alpha value is -5.16. The molecule has 5 heterocycles. The van der Waals surface area contributed by atoms with Gasteiger partial charge in [0.2, 0.25) is 5.91 Å². The van der Waals surface area contributed by atoms with E-state index >= 15 is 0 Å². The number of pyridine rings is 3. The molecule has 0 saturated carbocycles. The van der Waals surface area contributed by atoms with Gasteiger partial charge in [0.05, 0.1) is 46.7 Å². The fourth-order valence-corrected chi connectivity index (χ4v) is 4.73. The Kier molecular flexibility index (Phi) is 7.32. The summed E-state index contributed by atoms with van der Waals surface area (Å²) in [5, 5.41) is 12.2. The Morgan fingerprint density at radius 1 is 0.952 bits per heavy atom. The highest BCUT2D eigenvalue weighted by atomic mass is 19.1. The van der Waals surface area contributed by atoms with Crippen LogP contribution in [0.2, 0.25) is 0 Å². The van der Waals surface area contributed by atoms with Gasteiger partial charge in [-0.15, -0.1) is 0 Å². The van der Waals surface area contributed by atoms with Crippen molar-refractivity contribution in [2.45, 2.75) is 13.3 Å². The third-order valence-corrected chi connectivity index (χ3v) is 6.88. The second kappa shape index (κ2) is 11.4. The van der Waals surface area contributed by atoms with E-state index in [0.29, 0.717) is 41.4 Å². The Bertz CT molecular complexity index is 1910. The standard InChI is InChI=1S/C31H29FN8O2/c1-4-30(41)36-21-8-19(13-33-14-21)26-12-24-29(17-35-26)38-39-31(24)27-11-23-25(15-34-16-28(23)37-27)18-7-20(32)10-22(9-18)42-6-5-40(2)3/h7-17,37H,4-6H2,1-3H3,(H,36,41)(H,38,39). The third kappa shape index (κ3) is 5.54. The molecule has 0 unspecified atom stereocenters. The molecule has 0 aliphatic heterocycles. The third-order valence-electron chi connectivity index (χ3n) is 6.88. The Labute approximate surface area is 241 Å². The number of carbonyl (C=O) groups excluding carboxylic acids is 1. The van der Waals surface area contributed by atoms with Crippen molar-refractivity contribution < 1.29 is 13.9 Å². The zero-order valence-electron chi connectivity index (χ0n) is 23.4. The number of likely N-dealkylation sites (N-methyl/N-ethyl adjacent to an activating group) is 1. The minimum absolute atomic E-state index is 0.0894. The van der Waals surface area contributed by atoms with Crippen LogP contribution >= 0.6 is 0 Å². The number of halogens is 1. The van der Waals surface area contributed by atoms with Gasteiger partial charge in [0.1, 0.15) is 23.9 Å². The van der Waals surface area contributed by atoms with Gasteiger partial charge in [-0.2, -0.15) is 5.10 Å². The molecule has 6 aromatic rings. The molecule has 1 amide bonds. The van der Waals surface area contributed by atoms with E-state index in [-0.39, 0.29) is 11.7 Å². The number of benzene rings is 1. The molecule has 0 radical (unpaired) electrons. The van der Waals surface area contributed by atoms with Gasteiger partial charge >= 0.3 is 0 Å². The van der Waals surface area contributed by atoms with Gasteiger partial charge in [0.15, 0.2) is 0 Å². The van der Waals surface area contributed by atoms with Gasteiger partial charge in [-0.25, -0.2) is 4.39 Å². The number of carbonyl (C=O) groups is 1. The maximum atomic E-state index is 14.6. The first-order valence-corrected chi connectivity index (χ1v) is 13.5. The van der Waals surface area contributed by atoms with Crippen molar-refractivity contribution >= 4 is 33.4 Å². The molecule has 0 spiro atoms. The molecule has 0 aliphatic carbocycles. The van der Waals surface area contributed by atoms with Gasteiger partial charge < -0.3 is 19.9 Å². The van der Waals surface area contributed by atoms with Crippen molar-refractivity contribution in [3.8, 4) is 39.5 Å². The Morgan fingerprint density at radius 2 is 1.81 bits per heavy atom. The SMILES string of the molecule is CCC(=O)Nc1cncc(-c2cc3c(-c4cc5c(-c6cc(F)cc(OCCN(C)C)c6)cncc5[nH]4)n[nH]c3cn2)c1. The molecule has 0 saturated heterocycles. The largest absolute Gasteiger partial charge is 0.492 e. The summed E-state index contributed by atoms with van der Waals surface area (Å²) in [4.78, 5) is 30.5. The summed E-state index contributed by atoms with van der Waals surface area (Å²) >= 11 is 0. The average Bonchev–Trinajstić information content (AvgIpc) is 3.60. The first-order chi connectivity index (χ1) is 20.4. The molecule has 42 heavy (non-hydrogen) atoms. The maximum Gasteiger partial charge on any atom is 0.224 e. The number of rotatable bonds is 9. The molecule has 212 valence electrons. The number of H-pyrrole nitrogens is 2. The predicted molar refractivity (Wildman–Crippen MR) is 161 cm³/mol. The van der Waals surface area contributed by atoms with Crippen LogP contribution in [0.5, 0.6) is 5.75 Å². The number of aromatic nitrogens is 6. The van der Waals surface area contributed by atoms with Gasteiger partial charge in [-0.05, 0) is 50.0 Å². The van der Waals surface area contributed by atoms with Crippen molar-refractivity contribution in [3.63, 3.8) is 0 Å². The Balaban J connectivity index is 1.36. The van der Waals surface area contributed by atoms with Crippen LogP contribution in [-0.4, -0.2) is 68.2 Å². The second-order valence-electron chi connectivity index (χ2n) is 10.2. The van der Waals surface area contributed by atoms with Gasteiger partial charge in [0.25, 0.3) is 0 Å².